The van der Waals surface area contributed by atoms with Gasteiger partial charge in [-0.3, -0.25) is 9.59 Å². The lowest BCUT2D eigenvalue weighted by molar-refractivity contribution is -0.167. The summed E-state index contributed by atoms with van der Waals surface area (Å²) < 4.78 is 5.86. The number of hydrogen-bond acceptors (Lipinski definition) is 4. The highest BCUT2D eigenvalue weighted by molar-refractivity contribution is 6.03. The highest BCUT2D eigenvalue weighted by Gasteiger charge is 2.50. The number of ether oxygens (including phenoxy) is 1. The van der Waals surface area contributed by atoms with E-state index in [2.05, 4.69) is 5.32 Å². The van der Waals surface area contributed by atoms with Crippen molar-refractivity contribution in [1.82, 2.24) is 5.32 Å². The summed E-state index contributed by atoms with van der Waals surface area (Å²) in [4.78, 5) is 35.7. The second-order valence-corrected chi connectivity index (χ2v) is 7.98. The maximum atomic E-state index is 12.7. The minimum atomic E-state index is -1.09. The van der Waals surface area contributed by atoms with Gasteiger partial charge in [-0.2, -0.15) is 0 Å². The summed E-state index contributed by atoms with van der Waals surface area (Å²) in [7, 11) is 0. The van der Waals surface area contributed by atoms with E-state index in [9.17, 15) is 14.4 Å². The highest BCUT2D eigenvalue weighted by atomic mass is 16.5. The monoisotopic (exact) mass is 333 g/mol. The molecule has 1 unspecified atom stereocenters. The third-order valence-corrected chi connectivity index (χ3v) is 6.36. The topological polar surface area (TPSA) is 92.7 Å². The molecular formula is C18H23NO5. The van der Waals surface area contributed by atoms with Crippen LogP contribution in [0.3, 0.4) is 0 Å². The summed E-state index contributed by atoms with van der Waals surface area (Å²) in [5, 5.41) is 11.6. The molecule has 1 aliphatic heterocycles. The first kappa shape index (κ1) is 15.7. The molecule has 0 spiro atoms. The molecule has 5 aliphatic rings. The van der Waals surface area contributed by atoms with Crippen molar-refractivity contribution in [3.8, 4) is 0 Å². The predicted octanol–water partition coefficient (Wildman–Crippen LogP) is 1.85. The van der Waals surface area contributed by atoms with Crippen LogP contribution in [0.5, 0.6) is 0 Å². The lowest BCUT2D eigenvalue weighted by Crippen LogP contribution is -2.50. The average Bonchev–Trinajstić information content (AvgIpc) is 2.75. The molecule has 1 amide bonds. The van der Waals surface area contributed by atoms with Gasteiger partial charge >= 0.3 is 11.9 Å². The van der Waals surface area contributed by atoms with E-state index in [4.69, 9.17) is 9.84 Å². The molecule has 4 aliphatic carbocycles. The molecular weight excluding hydrogens is 310 g/mol. The number of aliphatic carboxylic acids is 1. The Kier molecular flexibility index (Phi) is 3.66. The largest absolute Gasteiger partial charge is 0.481 e. The van der Waals surface area contributed by atoms with Crippen molar-refractivity contribution in [2.45, 2.75) is 51.6 Å². The van der Waals surface area contributed by atoms with Crippen LogP contribution in [0.4, 0.5) is 0 Å². The second kappa shape index (κ2) is 5.60. The van der Waals surface area contributed by atoms with E-state index in [1.54, 1.807) is 6.92 Å². The SMILES string of the molecule is CC1=C(C(=O)OC2C3CC4CC(C3)CC2C4)C(CC(=O)O)C(=O)N1. The standard InChI is InChI=1S/C18H23NO5/c1-8-15(13(7-14(20)21)17(22)19-8)18(23)24-16-11-3-9-2-10(5-11)6-12(16)4-9/h9-13,16H,2-7H2,1H3,(H,19,22)(H,20,21). The molecule has 130 valence electrons. The minimum absolute atomic E-state index is 0.0632. The molecule has 0 aromatic heterocycles. The van der Waals surface area contributed by atoms with Crippen LogP contribution in [0.15, 0.2) is 11.3 Å². The van der Waals surface area contributed by atoms with Gasteiger partial charge in [-0.05, 0) is 62.7 Å². The van der Waals surface area contributed by atoms with Crippen molar-refractivity contribution >= 4 is 17.8 Å². The van der Waals surface area contributed by atoms with Crippen LogP contribution in [0.25, 0.3) is 0 Å². The molecule has 4 bridgehead atoms. The van der Waals surface area contributed by atoms with E-state index >= 15 is 0 Å². The quantitative estimate of drug-likeness (QED) is 0.766. The zero-order valence-electron chi connectivity index (χ0n) is 13.8. The van der Waals surface area contributed by atoms with Gasteiger partial charge in [-0.1, -0.05) is 0 Å². The van der Waals surface area contributed by atoms with Gasteiger partial charge in [0.15, 0.2) is 0 Å². The van der Waals surface area contributed by atoms with Gasteiger partial charge in [0.05, 0.1) is 17.9 Å². The van der Waals surface area contributed by atoms with Gasteiger partial charge in [0.2, 0.25) is 5.91 Å². The molecule has 4 saturated carbocycles. The van der Waals surface area contributed by atoms with Gasteiger partial charge in [-0.25, -0.2) is 4.79 Å². The first-order valence-corrected chi connectivity index (χ1v) is 8.86. The van der Waals surface area contributed by atoms with Crippen LogP contribution in [0.1, 0.15) is 45.4 Å². The lowest BCUT2D eigenvalue weighted by atomic mass is 9.55. The number of hydrogen-bond donors (Lipinski definition) is 2. The lowest BCUT2D eigenvalue weighted by Gasteiger charge is -2.53. The number of carbonyl (C=O) groups excluding carboxylic acids is 2. The first-order valence-electron chi connectivity index (χ1n) is 8.86. The molecule has 6 nitrogen and oxygen atoms in total. The summed E-state index contributed by atoms with van der Waals surface area (Å²) in [6.45, 7) is 1.63. The molecule has 0 radical (unpaired) electrons. The van der Waals surface area contributed by atoms with E-state index in [1.807, 2.05) is 0 Å². The molecule has 5 rings (SSSR count). The predicted molar refractivity (Wildman–Crippen MR) is 83.5 cm³/mol. The van der Waals surface area contributed by atoms with Crippen LogP contribution >= 0.6 is 0 Å². The van der Waals surface area contributed by atoms with E-state index in [0.29, 0.717) is 17.5 Å². The van der Waals surface area contributed by atoms with Crippen molar-refractivity contribution in [3.05, 3.63) is 11.3 Å². The first-order chi connectivity index (χ1) is 11.4. The Morgan fingerprint density at radius 3 is 2.25 bits per heavy atom. The Morgan fingerprint density at radius 1 is 1.12 bits per heavy atom. The van der Waals surface area contributed by atoms with Crippen LogP contribution in [-0.4, -0.2) is 29.1 Å². The Hall–Kier alpha value is -1.85. The average molecular weight is 333 g/mol. The third-order valence-electron chi connectivity index (χ3n) is 6.36. The second-order valence-electron chi connectivity index (χ2n) is 7.98. The molecule has 24 heavy (non-hydrogen) atoms. The Morgan fingerprint density at radius 2 is 1.71 bits per heavy atom. The minimum Gasteiger partial charge on any atom is -0.481 e. The van der Waals surface area contributed by atoms with E-state index in [-0.39, 0.29) is 18.1 Å². The number of esters is 1. The Bertz CT molecular complexity index is 609. The molecule has 1 atom stereocenters. The van der Waals surface area contributed by atoms with Crippen molar-refractivity contribution in [1.29, 1.82) is 0 Å². The number of nitrogens with one attached hydrogen (secondary N) is 1. The number of rotatable bonds is 4. The molecule has 2 N–H and O–H groups in total. The molecule has 4 fully saturated rings. The van der Waals surface area contributed by atoms with Gasteiger partial charge in [0.25, 0.3) is 0 Å². The van der Waals surface area contributed by atoms with Crippen LogP contribution < -0.4 is 5.32 Å². The Labute approximate surface area is 140 Å². The fourth-order valence-electron chi connectivity index (χ4n) is 5.65. The molecule has 6 heteroatoms. The normalized spacial score (nSPS) is 40.0. The summed E-state index contributed by atoms with van der Waals surface area (Å²) in [5.74, 6) is -0.503. The van der Waals surface area contributed by atoms with Gasteiger partial charge in [0.1, 0.15) is 6.10 Å². The van der Waals surface area contributed by atoms with E-state index in [0.717, 1.165) is 37.5 Å². The zero-order chi connectivity index (χ0) is 17.0. The summed E-state index contributed by atoms with van der Waals surface area (Å²) in [5.41, 5.74) is 0.635. The highest BCUT2D eigenvalue weighted by Crippen LogP contribution is 2.54. The maximum Gasteiger partial charge on any atom is 0.336 e. The van der Waals surface area contributed by atoms with Crippen molar-refractivity contribution in [3.63, 3.8) is 0 Å². The van der Waals surface area contributed by atoms with Crippen molar-refractivity contribution in [2.24, 2.45) is 29.6 Å². The van der Waals surface area contributed by atoms with E-state index in [1.165, 1.54) is 6.42 Å². The maximum absolute atomic E-state index is 12.7. The molecule has 0 aromatic rings. The van der Waals surface area contributed by atoms with Crippen LogP contribution in [0.2, 0.25) is 0 Å². The molecule has 0 aromatic carbocycles. The third kappa shape index (κ3) is 2.52. The van der Waals surface area contributed by atoms with Gasteiger partial charge in [-0.15, -0.1) is 0 Å². The fourth-order valence-corrected chi connectivity index (χ4v) is 5.65. The van der Waals surface area contributed by atoms with E-state index < -0.39 is 23.8 Å². The summed E-state index contributed by atoms with van der Waals surface area (Å²) >= 11 is 0. The number of carboxylic acids is 1. The van der Waals surface area contributed by atoms with Crippen LogP contribution in [-0.2, 0) is 19.1 Å². The molecule has 1 heterocycles. The fraction of sp³-hybridized carbons (Fsp3) is 0.722. The summed E-state index contributed by atoms with van der Waals surface area (Å²) in [6.07, 6.45) is 5.44. The number of amides is 1. The zero-order valence-corrected chi connectivity index (χ0v) is 13.8. The van der Waals surface area contributed by atoms with Crippen molar-refractivity contribution < 1.29 is 24.2 Å². The number of allylic oxidation sites excluding steroid dienone is 1. The van der Waals surface area contributed by atoms with Crippen LogP contribution in [0, 0.1) is 29.6 Å². The smallest absolute Gasteiger partial charge is 0.336 e. The summed E-state index contributed by atoms with van der Waals surface area (Å²) in [6, 6.07) is 0. The Balaban J connectivity index is 1.50. The molecule has 0 saturated heterocycles. The number of carbonyl (C=O) groups is 3. The van der Waals surface area contributed by atoms with Gasteiger partial charge in [0, 0.05) is 5.70 Å². The number of carboxylic acid groups (broad SMARTS) is 1. The van der Waals surface area contributed by atoms with Crippen molar-refractivity contribution in [2.75, 3.05) is 0 Å². The van der Waals surface area contributed by atoms with Gasteiger partial charge < -0.3 is 15.2 Å².